The first-order valence-corrected chi connectivity index (χ1v) is 12.0. The van der Waals surface area contributed by atoms with Crippen LogP contribution < -0.4 is 5.32 Å². The predicted octanol–water partition coefficient (Wildman–Crippen LogP) is 4.89. The van der Waals surface area contributed by atoms with E-state index in [0.717, 1.165) is 5.56 Å². The number of halogens is 2. The van der Waals surface area contributed by atoms with Crippen molar-refractivity contribution in [2.75, 3.05) is 13.1 Å². The monoisotopic (exact) mass is 488 g/mol. The fraction of sp³-hybridized carbons (Fsp3) is 0.462. The average Bonchev–Trinajstić information content (AvgIpc) is 3.29. The number of benzene rings is 2. The number of amides is 2. The highest BCUT2D eigenvalue weighted by Gasteiger charge is 2.67. The number of carbonyl (C=O) groups excluding carboxylic acids is 2. The Morgan fingerprint density at radius 2 is 1.48 bits per heavy atom. The summed E-state index contributed by atoms with van der Waals surface area (Å²) in [5.74, 6) is -0.343. The molecule has 1 heterocycles. The first-order chi connectivity index (χ1) is 15.4. The van der Waals surface area contributed by atoms with Crippen molar-refractivity contribution in [3.8, 4) is 0 Å². The molecule has 0 spiro atoms. The zero-order valence-electron chi connectivity index (χ0n) is 19.4. The SMILES string of the molecule is CC1C(C)C1(NC(=O)c1ccc(Cl)cc1)C(=O)N1CC[C@](O)(c2ccc(Cl)cc2)C(C)(C)C1. The third-order valence-corrected chi connectivity index (χ3v) is 8.42. The molecule has 2 aliphatic rings. The Morgan fingerprint density at radius 1 is 0.970 bits per heavy atom. The molecule has 1 saturated carbocycles. The molecule has 2 N–H and O–H groups in total. The van der Waals surface area contributed by atoms with Crippen LogP contribution in [0.3, 0.4) is 0 Å². The second kappa shape index (κ2) is 8.30. The Kier molecular flexibility index (Phi) is 6.05. The van der Waals surface area contributed by atoms with Gasteiger partial charge in [-0.25, -0.2) is 0 Å². The number of piperidine rings is 1. The second-order valence-corrected chi connectivity index (χ2v) is 11.0. The topological polar surface area (TPSA) is 69.6 Å². The molecular formula is C26H30Cl2N2O3. The lowest BCUT2D eigenvalue weighted by Crippen LogP contribution is -2.61. The Balaban J connectivity index is 1.55. The zero-order chi connectivity index (χ0) is 24.2. The second-order valence-electron chi connectivity index (χ2n) is 10.1. The summed E-state index contributed by atoms with van der Waals surface area (Å²) in [4.78, 5) is 28.6. The van der Waals surface area contributed by atoms with E-state index in [0.29, 0.717) is 35.1 Å². The van der Waals surface area contributed by atoms with Gasteiger partial charge in [-0.15, -0.1) is 0 Å². The molecule has 1 aliphatic carbocycles. The van der Waals surface area contributed by atoms with Crippen molar-refractivity contribution in [1.82, 2.24) is 10.2 Å². The van der Waals surface area contributed by atoms with Crippen LogP contribution in [0.15, 0.2) is 48.5 Å². The molecule has 1 saturated heterocycles. The highest BCUT2D eigenvalue weighted by molar-refractivity contribution is 6.30. The summed E-state index contributed by atoms with van der Waals surface area (Å²) < 4.78 is 0. The van der Waals surface area contributed by atoms with Gasteiger partial charge in [0.25, 0.3) is 5.91 Å². The molecule has 2 aromatic carbocycles. The van der Waals surface area contributed by atoms with Crippen LogP contribution >= 0.6 is 23.2 Å². The zero-order valence-corrected chi connectivity index (χ0v) is 20.9. The molecular weight excluding hydrogens is 459 g/mol. The highest BCUT2D eigenvalue weighted by Crippen LogP contribution is 2.53. The molecule has 2 aromatic rings. The van der Waals surface area contributed by atoms with Crippen LogP contribution in [0.4, 0.5) is 0 Å². The molecule has 33 heavy (non-hydrogen) atoms. The van der Waals surface area contributed by atoms with Crippen molar-refractivity contribution in [3.63, 3.8) is 0 Å². The molecule has 1 aliphatic heterocycles. The highest BCUT2D eigenvalue weighted by atomic mass is 35.5. The summed E-state index contributed by atoms with van der Waals surface area (Å²) in [6, 6.07) is 13.9. The van der Waals surface area contributed by atoms with Gasteiger partial charge in [0.1, 0.15) is 5.54 Å². The van der Waals surface area contributed by atoms with Crippen molar-refractivity contribution in [3.05, 3.63) is 69.7 Å². The summed E-state index contributed by atoms with van der Waals surface area (Å²) in [7, 11) is 0. The van der Waals surface area contributed by atoms with Gasteiger partial charge in [0, 0.05) is 34.1 Å². The number of hydrogen-bond acceptors (Lipinski definition) is 3. The van der Waals surface area contributed by atoms with E-state index in [1.165, 1.54) is 0 Å². The minimum atomic E-state index is -1.09. The van der Waals surface area contributed by atoms with Crippen molar-refractivity contribution in [2.24, 2.45) is 17.3 Å². The van der Waals surface area contributed by atoms with Crippen LogP contribution in [0.25, 0.3) is 0 Å². The summed E-state index contributed by atoms with van der Waals surface area (Å²) in [5, 5.41) is 15.8. The number of carbonyl (C=O) groups is 2. The van der Waals surface area contributed by atoms with Crippen LogP contribution in [0.2, 0.25) is 10.0 Å². The fourth-order valence-corrected chi connectivity index (χ4v) is 5.58. The third kappa shape index (κ3) is 3.94. The molecule has 4 rings (SSSR count). The molecule has 3 atom stereocenters. The lowest BCUT2D eigenvalue weighted by Gasteiger charge is -2.51. The molecule has 0 aromatic heterocycles. The van der Waals surface area contributed by atoms with E-state index in [-0.39, 0.29) is 23.7 Å². The van der Waals surface area contributed by atoms with E-state index >= 15 is 0 Å². The van der Waals surface area contributed by atoms with Gasteiger partial charge in [-0.05, 0) is 60.2 Å². The predicted molar refractivity (Wildman–Crippen MR) is 130 cm³/mol. The van der Waals surface area contributed by atoms with Gasteiger partial charge in [-0.3, -0.25) is 9.59 Å². The van der Waals surface area contributed by atoms with Gasteiger partial charge in [0.05, 0.1) is 5.60 Å². The number of likely N-dealkylation sites (tertiary alicyclic amines) is 1. The van der Waals surface area contributed by atoms with Crippen LogP contribution in [0, 0.1) is 17.3 Å². The first-order valence-electron chi connectivity index (χ1n) is 11.3. The molecule has 2 amide bonds. The van der Waals surface area contributed by atoms with Crippen LogP contribution in [-0.4, -0.2) is 40.4 Å². The smallest absolute Gasteiger partial charge is 0.252 e. The number of nitrogens with one attached hydrogen (secondary N) is 1. The quantitative estimate of drug-likeness (QED) is 0.643. The number of aliphatic hydroxyl groups is 1. The standard InChI is InChI=1S/C26H30Cl2N2O3/c1-16-17(2)26(16,29-22(31)18-5-9-20(27)10-6-18)23(32)30-14-13-25(33,24(3,4)15-30)19-7-11-21(28)12-8-19/h5-12,16-17,33H,13-15H2,1-4H3,(H,29,31)/t16?,17?,25-,26?/m0/s1. The van der Waals surface area contributed by atoms with Crippen molar-refractivity contribution < 1.29 is 14.7 Å². The Hall–Kier alpha value is -2.08. The summed E-state index contributed by atoms with van der Waals surface area (Å²) in [6.45, 7) is 8.70. The lowest BCUT2D eigenvalue weighted by molar-refractivity contribution is -0.156. The summed E-state index contributed by atoms with van der Waals surface area (Å²) >= 11 is 12.0. The molecule has 0 bridgehead atoms. The minimum Gasteiger partial charge on any atom is -0.384 e. The van der Waals surface area contributed by atoms with Crippen LogP contribution in [0.5, 0.6) is 0 Å². The van der Waals surface area contributed by atoms with E-state index in [4.69, 9.17) is 23.2 Å². The normalized spacial score (nSPS) is 30.6. The van der Waals surface area contributed by atoms with E-state index in [9.17, 15) is 14.7 Å². The van der Waals surface area contributed by atoms with E-state index in [2.05, 4.69) is 5.32 Å². The minimum absolute atomic E-state index is 0.0152. The van der Waals surface area contributed by atoms with Crippen molar-refractivity contribution >= 4 is 35.0 Å². The van der Waals surface area contributed by atoms with Gasteiger partial charge < -0.3 is 15.3 Å². The Bertz CT molecular complexity index is 1060. The van der Waals surface area contributed by atoms with Crippen LogP contribution in [0.1, 0.15) is 50.0 Å². The lowest BCUT2D eigenvalue weighted by atomic mass is 9.66. The van der Waals surface area contributed by atoms with Gasteiger partial charge >= 0.3 is 0 Å². The Labute approximate surface area is 205 Å². The number of nitrogens with zero attached hydrogens (tertiary/aromatic N) is 1. The summed E-state index contributed by atoms with van der Waals surface area (Å²) in [6.07, 6.45) is 0.400. The average molecular weight is 489 g/mol. The Morgan fingerprint density at radius 3 is 1.97 bits per heavy atom. The first kappa shape index (κ1) is 24.1. The summed E-state index contributed by atoms with van der Waals surface area (Å²) in [5.41, 5.74) is -1.37. The maximum absolute atomic E-state index is 13.8. The molecule has 176 valence electrons. The van der Waals surface area contributed by atoms with Gasteiger partial charge in [0.2, 0.25) is 5.91 Å². The van der Waals surface area contributed by atoms with Crippen molar-refractivity contribution in [2.45, 2.75) is 45.3 Å². The van der Waals surface area contributed by atoms with Crippen molar-refractivity contribution in [1.29, 1.82) is 0 Å². The number of hydrogen-bond donors (Lipinski definition) is 2. The van der Waals surface area contributed by atoms with Gasteiger partial charge in [-0.1, -0.05) is 63.0 Å². The maximum atomic E-state index is 13.8. The fourth-order valence-electron chi connectivity index (χ4n) is 5.33. The van der Waals surface area contributed by atoms with Gasteiger partial charge in [-0.2, -0.15) is 0 Å². The van der Waals surface area contributed by atoms with E-state index in [1.54, 1.807) is 41.3 Å². The molecule has 5 nitrogen and oxygen atoms in total. The molecule has 2 fully saturated rings. The third-order valence-electron chi connectivity index (χ3n) is 7.92. The largest absolute Gasteiger partial charge is 0.384 e. The van der Waals surface area contributed by atoms with Crippen LogP contribution in [-0.2, 0) is 10.4 Å². The maximum Gasteiger partial charge on any atom is 0.252 e. The van der Waals surface area contributed by atoms with Gasteiger partial charge in [0.15, 0.2) is 0 Å². The molecule has 7 heteroatoms. The van der Waals surface area contributed by atoms with E-state index < -0.39 is 16.6 Å². The molecule has 2 unspecified atom stereocenters. The van der Waals surface area contributed by atoms with E-state index in [1.807, 2.05) is 39.8 Å². The number of rotatable bonds is 4. The molecule has 0 radical (unpaired) electrons.